The highest BCUT2D eigenvalue weighted by atomic mass is 35.5. The molecule has 0 unspecified atom stereocenters. The Morgan fingerprint density at radius 3 is 2.62 bits per heavy atom. The highest BCUT2D eigenvalue weighted by Gasteiger charge is 2.31. The topological polar surface area (TPSA) is 54.0 Å². The van der Waals surface area contributed by atoms with Crippen LogP contribution in [0.15, 0.2) is 49.2 Å². The average molecular weight is 356 g/mol. The molecule has 1 amide bonds. The van der Waals surface area contributed by atoms with Crippen LogP contribution in [-0.4, -0.2) is 17.4 Å². The van der Waals surface area contributed by atoms with Crippen LogP contribution < -0.4 is 10.6 Å². The molecule has 2 aromatic rings. The third-order valence-electron chi connectivity index (χ3n) is 3.00. The quantitative estimate of drug-likeness (QED) is 0.770. The highest BCUT2D eigenvalue weighted by Crippen LogP contribution is 2.33. The summed E-state index contributed by atoms with van der Waals surface area (Å²) in [5, 5.41) is 5.30. The first kappa shape index (κ1) is 17.8. The minimum atomic E-state index is -4.52. The summed E-state index contributed by atoms with van der Waals surface area (Å²) in [6, 6.07) is 5.79. The minimum Gasteiger partial charge on any atom is -0.367 e. The van der Waals surface area contributed by atoms with Gasteiger partial charge in [-0.1, -0.05) is 17.7 Å². The second-order valence-corrected chi connectivity index (χ2v) is 5.16. The molecule has 0 spiro atoms. The van der Waals surface area contributed by atoms with Crippen LogP contribution >= 0.6 is 11.6 Å². The predicted molar refractivity (Wildman–Crippen MR) is 87.3 cm³/mol. The zero-order valence-electron chi connectivity index (χ0n) is 12.3. The van der Waals surface area contributed by atoms with Crippen LogP contribution in [0.4, 0.5) is 24.7 Å². The van der Waals surface area contributed by atoms with Crippen LogP contribution in [0.5, 0.6) is 0 Å². The largest absolute Gasteiger partial charge is 0.416 e. The average Bonchev–Trinajstić information content (AvgIpc) is 2.54. The molecule has 1 aromatic carbocycles. The van der Waals surface area contributed by atoms with E-state index in [9.17, 15) is 18.0 Å². The molecular formula is C16H13ClF3N3O. The molecule has 0 aliphatic carbocycles. The number of amides is 1. The van der Waals surface area contributed by atoms with E-state index in [0.717, 1.165) is 18.2 Å². The standard InChI is InChI=1S/C16H13ClF3N3O/c1-2-7-21-14-6-3-10(9-22-14)15(24)23-13-8-11(16(18,19)20)4-5-12(13)17/h2-6,8-9H,1,7H2,(H,21,22)(H,23,24). The third kappa shape index (κ3) is 4.48. The summed E-state index contributed by atoms with van der Waals surface area (Å²) in [5.74, 6) is -0.0671. The summed E-state index contributed by atoms with van der Waals surface area (Å²) in [7, 11) is 0. The molecule has 8 heteroatoms. The first-order valence-electron chi connectivity index (χ1n) is 6.80. The van der Waals surface area contributed by atoms with E-state index >= 15 is 0 Å². The van der Waals surface area contributed by atoms with E-state index in [-0.39, 0.29) is 16.3 Å². The van der Waals surface area contributed by atoms with E-state index in [1.807, 2.05) is 0 Å². The number of anilines is 2. The Labute approximate surface area is 141 Å². The molecule has 0 atom stereocenters. The molecule has 2 rings (SSSR count). The molecule has 1 aromatic heterocycles. The van der Waals surface area contributed by atoms with Gasteiger partial charge in [0.25, 0.3) is 5.91 Å². The first-order valence-corrected chi connectivity index (χ1v) is 7.18. The highest BCUT2D eigenvalue weighted by molar-refractivity contribution is 6.34. The number of benzene rings is 1. The number of aromatic nitrogens is 1. The van der Waals surface area contributed by atoms with Crippen LogP contribution in [0.25, 0.3) is 0 Å². The molecule has 0 saturated carbocycles. The van der Waals surface area contributed by atoms with Crippen LogP contribution in [0.2, 0.25) is 5.02 Å². The number of rotatable bonds is 5. The molecule has 0 fully saturated rings. The monoisotopic (exact) mass is 355 g/mol. The molecule has 0 aliphatic rings. The van der Waals surface area contributed by atoms with Crippen LogP contribution in [0, 0.1) is 0 Å². The van der Waals surface area contributed by atoms with Gasteiger partial charge in [0, 0.05) is 12.7 Å². The van der Waals surface area contributed by atoms with Gasteiger partial charge in [-0.25, -0.2) is 4.98 Å². The van der Waals surface area contributed by atoms with Gasteiger partial charge in [0.2, 0.25) is 0 Å². The normalized spacial score (nSPS) is 11.0. The Morgan fingerprint density at radius 1 is 1.29 bits per heavy atom. The molecule has 0 radical (unpaired) electrons. The van der Waals surface area contributed by atoms with Crippen LogP contribution in [0.3, 0.4) is 0 Å². The fourth-order valence-electron chi connectivity index (χ4n) is 1.80. The lowest BCUT2D eigenvalue weighted by Gasteiger charge is -2.12. The number of nitrogens with one attached hydrogen (secondary N) is 2. The van der Waals surface area contributed by atoms with Crippen molar-refractivity contribution in [3.05, 3.63) is 65.3 Å². The van der Waals surface area contributed by atoms with Crippen molar-refractivity contribution < 1.29 is 18.0 Å². The van der Waals surface area contributed by atoms with E-state index < -0.39 is 17.6 Å². The number of halogens is 4. The lowest BCUT2D eigenvalue weighted by molar-refractivity contribution is -0.137. The molecule has 126 valence electrons. The predicted octanol–water partition coefficient (Wildman–Crippen LogP) is 4.60. The van der Waals surface area contributed by atoms with Crippen molar-refractivity contribution in [2.75, 3.05) is 17.2 Å². The Kier molecular flexibility index (Phi) is 5.46. The fraction of sp³-hybridized carbons (Fsp3) is 0.125. The number of hydrogen-bond donors (Lipinski definition) is 2. The SMILES string of the molecule is C=CCNc1ccc(C(=O)Nc2cc(C(F)(F)F)ccc2Cl)cn1. The summed E-state index contributed by atoms with van der Waals surface area (Å²) < 4.78 is 38.2. The smallest absolute Gasteiger partial charge is 0.367 e. The number of nitrogens with zero attached hydrogens (tertiary/aromatic N) is 1. The van der Waals surface area contributed by atoms with Gasteiger partial charge < -0.3 is 10.6 Å². The molecule has 0 bridgehead atoms. The summed E-state index contributed by atoms with van der Waals surface area (Å²) in [5.41, 5.74) is -0.831. The Morgan fingerprint density at radius 2 is 2.04 bits per heavy atom. The lowest BCUT2D eigenvalue weighted by atomic mass is 10.2. The Hall–Kier alpha value is -2.54. The zero-order valence-corrected chi connectivity index (χ0v) is 13.1. The fourth-order valence-corrected chi connectivity index (χ4v) is 1.97. The third-order valence-corrected chi connectivity index (χ3v) is 3.32. The van der Waals surface area contributed by atoms with E-state index in [1.165, 1.54) is 12.3 Å². The van der Waals surface area contributed by atoms with Crippen molar-refractivity contribution in [3.63, 3.8) is 0 Å². The van der Waals surface area contributed by atoms with E-state index in [1.54, 1.807) is 12.1 Å². The van der Waals surface area contributed by atoms with Gasteiger partial charge in [0.1, 0.15) is 5.82 Å². The summed E-state index contributed by atoms with van der Waals surface area (Å²) in [4.78, 5) is 16.2. The molecule has 24 heavy (non-hydrogen) atoms. The Bertz CT molecular complexity index is 745. The lowest BCUT2D eigenvalue weighted by Crippen LogP contribution is -2.14. The van der Waals surface area contributed by atoms with Gasteiger partial charge in [0.15, 0.2) is 0 Å². The maximum absolute atomic E-state index is 12.7. The number of carbonyl (C=O) groups is 1. The van der Waals surface area contributed by atoms with Crippen molar-refractivity contribution in [1.29, 1.82) is 0 Å². The molecule has 0 saturated heterocycles. The van der Waals surface area contributed by atoms with E-state index in [0.29, 0.717) is 12.4 Å². The van der Waals surface area contributed by atoms with Gasteiger partial charge in [0.05, 0.1) is 21.8 Å². The van der Waals surface area contributed by atoms with Crippen molar-refractivity contribution in [2.45, 2.75) is 6.18 Å². The zero-order chi connectivity index (χ0) is 17.7. The first-order chi connectivity index (χ1) is 11.3. The van der Waals surface area contributed by atoms with Crippen molar-refractivity contribution >= 4 is 29.0 Å². The summed E-state index contributed by atoms with van der Waals surface area (Å²) >= 11 is 5.84. The van der Waals surface area contributed by atoms with Gasteiger partial charge in [-0.2, -0.15) is 13.2 Å². The molecule has 1 heterocycles. The van der Waals surface area contributed by atoms with Crippen molar-refractivity contribution in [3.8, 4) is 0 Å². The minimum absolute atomic E-state index is 0.00794. The second kappa shape index (κ2) is 7.35. The number of hydrogen-bond acceptors (Lipinski definition) is 3. The van der Waals surface area contributed by atoms with Crippen molar-refractivity contribution in [1.82, 2.24) is 4.98 Å². The number of carbonyl (C=O) groups excluding carboxylic acids is 1. The van der Waals surface area contributed by atoms with Crippen LogP contribution in [-0.2, 0) is 6.18 Å². The molecular weight excluding hydrogens is 343 g/mol. The Balaban J connectivity index is 2.16. The van der Waals surface area contributed by atoms with E-state index in [4.69, 9.17) is 11.6 Å². The van der Waals surface area contributed by atoms with Crippen molar-refractivity contribution in [2.24, 2.45) is 0 Å². The number of pyridine rings is 1. The van der Waals surface area contributed by atoms with Crippen LogP contribution in [0.1, 0.15) is 15.9 Å². The maximum Gasteiger partial charge on any atom is 0.416 e. The van der Waals surface area contributed by atoms with Gasteiger partial charge in [-0.15, -0.1) is 6.58 Å². The molecule has 0 aliphatic heterocycles. The summed E-state index contributed by atoms with van der Waals surface area (Å²) in [6.45, 7) is 4.07. The molecule has 4 nitrogen and oxygen atoms in total. The van der Waals surface area contributed by atoms with Gasteiger partial charge in [-0.05, 0) is 30.3 Å². The number of alkyl halides is 3. The second-order valence-electron chi connectivity index (χ2n) is 4.75. The summed E-state index contributed by atoms with van der Waals surface area (Å²) in [6.07, 6.45) is -1.57. The molecule has 2 N–H and O–H groups in total. The van der Waals surface area contributed by atoms with Gasteiger partial charge >= 0.3 is 6.18 Å². The maximum atomic E-state index is 12.7. The van der Waals surface area contributed by atoms with E-state index in [2.05, 4.69) is 22.2 Å². The van der Waals surface area contributed by atoms with Gasteiger partial charge in [-0.3, -0.25) is 4.79 Å².